The third-order valence-corrected chi connectivity index (χ3v) is 2.79. The molecule has 0 saturated heterocycles. The number of aliphatic imine (C=N–C) groups is 1. The third kappa shape index (κ3) is 9.07. The topological polar surface area (TPSA) is 65.5 Å². The van der Waals surface area contributed by atoms with Crippen LogP contribution in [-0.4, -0.2) is 38.0 Å². The van der Waals surface area contributed by atoms with Crippen LogP contribution in [0.2, 0.25) is 0 Å². The lowest BCUT2D eigenvalue weighted by molar-refractivity contribution is -0.123. The molecule has 19 heavy (non-hydrogen) atoms. The van der Waals surface area contributed by atoms with Gasteiger partial charge < -0.3 is 16.0 Å². The number of hydrogen-bond acceptors (Lipinski definition) is 2. The Morgan fingerprint density at radius 3 is 2.37 bits per heavy atom. The van der Waals surface area contributed by atoms with E-state index in [1.165, 1.54) is 12.8 Å². The second kappa shape index (κ2) is 10.3. The van der Waals surface area contributed by atoms with Crippen LogP contribution in [0.15, 0.2) is 4.99 Å². The van der Waals surface area contributed by atoms with Crippen molar-refractivity contribution in [1.29, 1.82) is 0 Å². The molecule has 1 aliphatic rings. The summed E-state index contributed by atoms with van der Waals surface area (Å²) in [7, 11) is 0. The van der Waals surface area contributed by atoms with Crippen molar-refractivity contribution in [2.24, 2.45) is 16.8 Å². The smallest absolute Gasteiger partial charge is 0.222 e. The summed E-state index contributed by atoms with van der Waals surface area (Å²) in [6.07, 6.45) is 2.63. The van der Waals surface area contributed by atoms with Gasteiger partial charge in [-0.3, -0.25) is 9.79 Å². The van der Waals surface area contributed by atoms with Crippen LogP contribution in [0.1, 0.15) is 33.6 Å². The van der Waals surface area contributed by atoms with E-state index in [1.54, 1.807) is 0 Å². The van der Waals surface area contributed by atoms with Gasteiger partial charge in [0.05, 0.1) is 0 Å². The summed E-state index contributed by atoms with van der Waals surface area (Å²) in [4.78, 5) is 15.9. The number of hydrogen-bond donors (Lipinski definition) is 3. The van der Waals surface area contributed by atoms with Crippen molar-refractivity contribution in [1.82, 2.24) is 16.0 Å². The maximum atomic E-state index is 11.4. The van der Waals surface area contributed by atoms with Crippen LogP contribution in [-0.2, 0) is 4.79 Å². The minimum absolute atomic E-state index is 0. The average molecular weight is 382 g/mol. The quantitative estimate of drug-likeness (QED) is 0.270. The van der Waals surface area contributed by atoms with Crippen LogP contribution in [0.5, 0.6) is 0 Å². The first-order valence-electron chi connectivity index (χ1n) is 6.93. The van der Waals surface area contributed by atoms with E-state index >= 15 is 0 Å². The van der Waals surface area contributed by atoms with Crippen molar-refractivity contribution in [3.63, 3.8) is 0 Å². The summed E-state index contributed by atoms with van der Waals surface area (Å²) >= 11 is 0. The summed E-state index contributed by atoms with van der Waals surface area (Å²) < 4.78 is 0. The predicted octanol–water partition coefficient (Wildman–Crippen LogP) is 1.34. The number of rotatable bonds is 7. The Labute approximate surface area is 133 Å². The van der Waals surface area contributed by atoms with Gasteiger partial charge in [0.15, 0.2) is 5.96 Å². The first kappa shape index (κ1) is 18.5. The monoisotopic (exact) mass is 382 g/mol. The average Bonchev–Trinajstić information content (AvgIpc) is 3.14. The Balaban J connectivity index is 0.00000324. The van der Waals surface area contributed by atoms with Crippen LogP contribution >= 0.6 is 24.0 Å². The molecular formula is C13H27IN4O. The summed E-state index contributed by atoms with van der Waals surface area (Å²) in [6.45, 7) is 8.94. The SMILES string of the molecule is CCNC(=NCC1CC1)NCCNC(=O)C(C)C.I. The molecule has 1 saturated carbocycles. The summed E-state index contributed by atoms with van der Waals surface area (Å²) in [5, 5.41) is 9.30. The van der Waals surface area contributed by atoms with Gasteiger partial charge >= 0.3 is 0 Å². The molecule has 1 rings (SSSR count). The molecule has 0 spiro atoms. The zero-order chi connectivity index (χ0) is 13.4. The van der Waals surface area contributed by atoms with E-state index in [4.69, 9.17) is 0 Å². The number of carbonyl (C=O) groups excluding carboxylic acids is 1. The number of carbonyl (C=O) groups is 1. The molecule has 0 aliphatic heterocycles. The molecule has 6 heteroatoms. The van der Waals surface area contributed by atoms with Crippen LogP contribution in [0.25, 0.3) is 0 Å². The minimum Gasteiger partial charge on any atom is -0.357 e. The van der Waals surface area contributed by atoms with E-state index in [2.05, 4.69) is 27.9 Å². The second-order valence-corrected chi connectivity index (χ2v) is 5.04. The fraction of sp³-hybridized carbons (Fsp3) is 0.846. The van der Waals surface area contributed by atoms with Crippen LogP contribution in [0, 0.1) is 11.8 Å². The highest BCUT2D eigenvalue weighted by Crippen LogP contribution is 2.28. The van der Waals surface area contributed by atoms with E-state index in [-0.39, 0.29) is 35.8 Å². The van der Waals surface area contributed by atoms with E-state index < -0.39 is 0 Å². The molecule has 1 fully saturated rings. The summed E-state index contributed by atoms with van der Waals surface area (Å²) in [5.74, 6) is 1.78. The fourth-order valence-electron chi connectivity index (χ4n) is 1.43. The van der Waals surface area contributed by atoms with Gasteiger partial charge in [-0.2, -0.15) is 0 Å². The molecule has 0 atom stereocenters. The van der Waals surface area contributed by atoms with Crippen molar-refractivity contribution in [3.8, 4) is 0 Å². The molecule has 0 aromatic rings. The van der Waals surface area contributed by atoms with Gasteiger partial charge in [0.25, 0.3) is 0 Å². The molecule has 0 bridgehead atoms. The lowest BCUT2D eigenvalue weighted by atomic mass is 10.2. The molecule has 0 aromatic heterocycles. The molecule has 1 amide bonds. The maximum absolute atomic E-state index is 11.4. The third-order valence-electron chi connectivity index (χ3n) is 2.79. The zero-order valence-electron chi connectivity index (χ0n) is 12.2. The van der Waals surface area contributed by atoms with Crippen LogP contribution in [0.3, 0.4) is 0 Å². The highest BCUT2D eigenvalue weighted by molar-refractivity contribution is 14.0. The maximum Gasteiger partial charge on any atom is 0.222 e. The highest BCUT2D eigenvalue weighted by atomic mass is 127. The van der Waals surface area contributed by atoms with E-state index in [1.807, 2.05) is 13.8 Å². The lowest BCUT2D eigenvalue weighted by Gasteiger charge is -2.12. The van der Waals surface area contributed by atoms with Crippen molar-refractivity contribution in [2.45, 2.75) is 33.6 Å². The molecular weight excluding hydrogens is 355 g/mol. The molecule has 112 valence electrons. The van der Waals surface area contributed by atoms with E-state index in [9.17, 15) is 4.79 Å². The second-order valence-electron chi connectivity index (χ2n) is 5.04. The van der Waals surface area contributed by atoms with Gasteiger partial charge in [-0.05, 0) is 25.7 Å². The Hall–Kier alpha value is -0.530. The zero-order valence-corrected chi connectivity index (χ0v) is 14.5. The largest absolute Gasteiger partial charge is 0.357 e. The van der Waals surface area contributed by atoms with Gasteiger partial charge in [0.2, 0.25) is 5.91 Å². The van der Waals surface area contributed by atoms with Gasteiger partial charge in [-0.15, -0.1) is 24.0 Å². The Bertz CT molecular complexity index is 290. The molecule has 0 heterocycles. The van der Waals surface area contributed by atoms with Crippen molar-refractivity contribution in [3.05, 3.63) is 0 Å². The standard InChI is InChI=1S/C13H26N4O.HI/c1-4-14-13(17-9-11-5-6-11)16-8-7-15-12(18)10(2)3;/h10-11H,4-9H2,1-3H3,(H,15,18)(H2,14,16,17);1H. The Morgan fingerprint density at radius 2 is 1.84 bits per heavy atom. The molecule has 5 nitrogen and oxygen atoms in total. The predicted molar refractivity (Wildman–Crippen MR) is 90.0 cm³/mol. The summed E-state index contributed by atoms with van der Waals surface area (Å²) in [5.41, 5.74) is 0. The van der Waals surface area contributed by atoms with Gasteiger partial charge in [0, 0.05) is 32.1 Å². The molecule has 3 N–H and O–H groups in total. The van der Waals surface area contributed by atoms with Crippen LogP contribution < -0.4 is 16.0 Å². The van der Waals surface area contributed by atoms with Crippen LogP contribution in [0.4, 0.5) is 0 Å². The first-order valence-corrected chi connectivity index (χ1v) is 6.93. The van der Waals surface area contributed by atoms with Gasteiger partial charge in [0.1, 0.15) is 0 Å². The van der Waals surface area contributed by atoms with Gasteiger partial charge in [-0.25, -0.2) is 0 Å². The molecule has 1 aliphatic carbocycles. The number of amides is 1. The van der Waals surface area contributed by atoms with Crippen molar-refractivity contribution in [2.75, 3.05) is 26.2 Å². The number of guanidine groups is 1. The number of nitrogens with one attached hydrogen (secondary N) is 3. The van der Waals surface area contributed by atoms with E-state index in [0.29, 0.717) is 13.1 Å². The molecule has 0 unspecified atom stereocenters. The Morgan fingerprint density at radius 1 is 1.21 bits per heavy atom. The first-order chi connectivity index (χ1) is 8.63. The van der Waals surface area contributed by atoms with E-state index in [0.717, 1.165) is 25.0 Å². The highest BCUT2D eigenvalue weighted by Gasteiger charge is 2.20. The fourth-order valence-corrected chi connectivity index (χ4v) is 1.43. The molecule has 0 aromatic carbocycles. The minimum atomic E-state index is 0. The number of nitrogens with zero attached hydrogens (tertiary/aromatic N) is 1. The molecule has 0 radical (unpaired) electrons. The van der Waals surface area contributed by atoms with Gasteiger partial charge in [-0.1, -0.05) is 13.8 Å². The van der Waals surface area contributed by atoms with Crippen molar-refractivity contribution < 1.29 is 4.79 Å². The summed E-state index contributed by atoms with van der Waals surface area (Å²) in [6, 6.07) is 0. The number of halogens is 1. The van der Waals surface area contributed by atoms with Crippen molar-refractivity contribution >= 4 is 35.8 Å². The normalized spacial score (nSPS) is 14.8. The lowest BCUT2D eigenvalue weighted by Crippen LogP contribution is -2.42. The Kier molecular flexibility index (Phi) is 9.99.